The van der Waals surface area contributed by atoms with Crippen molar-refractivity contribution in [1.82, 2.24) is 4.31 Å². The molecular formula is C18H30N4O4S. The summed E-state index contributed by atoms with van der Waals surface area (Å²) in [5, 5.41) is 2.79. The average molecular weight is 399 g/mol. The number of anilines is 2. The first-order chi connectivity index (χ1) is 12.8. The number of hydrogen-bond donors (Lipinski definition) is 2. The Hall–Kier alpha value is -1.68. The number of benzene rings is 1. The Morgan fingerprint density at radius 2 is 1.93 bits per heavy atom. The molecule has 1 saturated heterocycles. The van der Waals surface area contributed by atoms with Crippen LogP contribution in [0.4, 0.5) is 11.4 Å². The van der Waals surface area contributed by atoms with Crippen molar-refractivity contribution in [2.24, 2.45) is 5.73 Å². The predicted octanol–water partition coefficient (Wildman–Crippen LogP) is 1.23. The fourth-order valence-electron chi connectivity index (χ4n) is 3.20. The number of nitrogens with zero attached hydrogens (tertiary/aromatic N) is 2. The zero-order chi connectivity index (χ0) is 20.0. The molecule has 2 rings (SSSR count). The van der Waals surface area contributed by atoms with Gasteiger partial charge >= 0.3 is 0 Å². The highest BCUT2D eigenvalue weighted by Gasteiger charge is 2.25. The van der Waals surface area contributed by atoms with E-state index in [1.54, 1.807) is 26.0 Å². The first kappa shape index (κ1) is 21.6. The highest BCUT2D eigenvalue weighted by molar-refractivity contribution is 7.89. The highest BCUT2D eigenvalue weighted by atomic mass is 32.2. The van der Waals surface area contributed by atoms with Gasteiger partial charge in [0.15, 0.2) is 0 Å². The molecule has 1 heterocycles. The van der Waals surface area contributed by atoms with Crippen LogP contribution in [0.5, 0.6) is 0 Å². The SMILES string of the molecule is CCN(CC)S(=O)(=O)c1ccc(N2CCCC2)c(NC(=O)C(N)COC)c1. The Bertz CT molecular complexity index is 744. The normalized spacial score (nSPS) is 16.0. The van der Waals surface area contributed by atoms with Gasteiger partial charge in [0.2, 0.25) is 15.9 Å². The molecule has 1 aliphatic heterocycles. The molecule has 1 fully saturated rings. The predicted molar refractivity (Wildman–Crippen MR) is 106 cm³/mol. The fourth-order valence-corrected chi connectivity index (χ4v) is 4.69. The molecule has 1 atom stereocenters. The molecule has 1 aromatic rings. The van der Waals surface area contributed by atoms with Gasteiger partial charge in [0.1, 0.15) is 6.04 Å². The van der Waals surface area contributed by atoms with Gasteiger partial charge in [-0.15, -0.1) is 0 Å². The van der Waals surface area contributed by atoms with Gasteiger partial charge in [0.25, 0.3) is 0 Å². The molecule has 0 radical (unpaired) electrons. The number of sulfonamides is 1. The second-order valence-electron chi connectivity index (χ2n) is 6.51. The molecule has 0 spiro atoms. The number of ether oxygens (including phenoxy) is 1. The topological polar surface area (TPSA) is 105 Å². The van der Waals surface area contributed by atoms with Crippen molar-refractivity contribution in [3.05, 3.63) is 18.2 Å². The van der Waals surface area contributed by atoms with Crippen molar-refractivity contribution in [3.8, 4) is 0 Å². The molecule has 152 valence electrons. The molecule has 1 aliphatic rings. The minimum atomic E-state index is -3.62. The van der Waals surface area contributed by atoms with Crippen molar-refractivity contribution < 1.29 is 17.9 Å². The minimum absolute atomic E-state index is 0.0856. The Morgan fingerprint density at radius 1 is 1.30 bits per heavy atom. The van der Waals surface area contributed by atoms with E-state index in [9.17, 15) is 13.2 Å². The number of nitrogens with one attached hydrogen (secondary N) is 1. The molecule has 0 aromatic heterocycles. The Morgan fingerprint density at radius 3 is 2.48 bits per heavy atom. The van der Waals surface area contributed by atoms with Crippen LogP contribution in [0.2, 0.25) is 0 Å². The summed E-state index contributed by atoms with van der Waals surface area (Å²) in [4.78, 5) is 14.7. The highest BCUT2D eigenvalue weighted by Crippen LogP contribution is 2.32. The molecule has 0 bridgehead atoms. The van der Waals surface area contributed by atoms with E-state index < -0.39 is 22.0 Å². The van der Waals surface area contributed by atoms with E-state index in [4.69, 9.17) is 10.5 Å². The van der Waals surface area contributed by atoms with Crippen LogP contribution in [0.1, 0.15) is 26.7 Å². The maximum absolute atomic E-state index is 12.9. The van der Waals surface area contributed by atoms with E-state index >= 15 is 0 Å². The molecule has 27 heavy (non-hydrogen) atoms. The number of amides is 1. The minimum Gasteiger partial charge on any atom is -0.383 e. The van der Waals surface area contributed by atoms with Gasteiger partial charge in [-0.3, -0.25) is 4.79 Å². The second-order valence-corrected chi connectivity index (χ2v) is 8.45. The Labute approximate surface area is 161 Å². The van der Waals surface area contributed by atoms with Crippen LogP contribution in [0.25, 0.3) is 0 Å². The molecule has 1 aromatic carbocycles. The van der Waals surface area contributed by atoms with E-state index in [-0.39, 0.29) is 11.5 Å². The van der Waals surface area contributed by atoms with E-state index in [0.29, 0.717) is 18.8 Å². The number of hydrogen-bond acceptors (Lipinski definition) is 6. The summed E-state index contributed by atoms with van der Waals surface area (Å²) < 4.78 is 32.0. The number of methoxy groups -OCH3 is 1. The summed E-state index contributed by atoms with van der Waals surface area (Å²) in [7, 11) is -2.15. The van der Waals surface area contributed by atoms with Crippen LogP contribution in [0.3, 0.4) is 0 Å². The molecule has 0 aliphatic carbocycles. The van der Waals surface area contributed by atoms with E-state index in [1.807, 2.05) is 0 Å². The standard InChI is InChI=1S/C18H30N4O4S/c1-4-22(5-2)27(24,25)14-8-9-17(21-10-6-7-11-21)16(12-14)20-18(23)15(19)13-26-3/h8-9,12,15H,4-7,10-11,13,19H2,1-3H3,(H,20,23). The van der Waals surface area contributed by atoms with Crippen molar-refractivity contribution >= 4 is 27.3 Å². The van der Waals surface area contributed by atoms with Gasteiger partial charge in [0.05, 0.1) is 22.9 Å². The number of carbonyl (C=O) groups is 1. The number of rotatable bonds is 9. The van der Waals surface area contributed by atoms with Gasteiger partial charge < -0.3 is 20.7 Å². The Kier molecular flexibility index (Phi) is 7.60. The lowest BCUT2D eigenvalue weighted by molar-refractivity contribution is -0.118. The van der Waals surface area contributed by atoms with Gasteiger partial charge in [-0.05, 0) is 31.0 Å². The first-order valence-corrected chi connectivity index (χ1v) is 10.7. The van der Waals surface area contributed by atoms with Crippen LogP contribution in [0, 0.1) is 0 Å². The molecule has 9 heteroatoms. The molecule has 8 nitrogen and oxygen atoms in total. The quantitative estimate of drug-likeness (QED) is 0.648. The van der Waals surface area contributed by atoms with Gasteiger partial charge in [0, 0.05) is 33.3 Å². The molecule has 0 saturated carbocycles. The van der Waals surface area contributed by atoms with Crippen LogP contribution in [0.15, 0.2) is 23.1 Å². The summed E-state index contributed by atoms with van der Waals surface area (Å²) in [5.41, 5.74) is 7.09. The largest absolute Gasteiger partial charge is 0.383 e. The van der Waals surface area contributed by atoms with Crippen LogP contribution in [-0.2, 0) is 19.6 Å². The molecule has 1 amide bonds. The maximum atomic E-state index is 12.9. The van der Waals surface area contributed by atoms with E-state index in [2.05, 4.69) is 10.2 Å². The Balaban J connectivity index is 2.41. The van der Waals surface area contributed by atoms with Gasteiger partial charge in [-0.2, -0.15) is 4.31 Å². The number of nitrogens with two attached hydrogens (primary N) is 1. The van der Waals surface area contributed by atoms with Crippen LogP contribution >= 0.6 is 0 Å². The van der Waals surface area contributed by atoms with E-state index in [1.165, 1.54) is 17.5 Å². The lowest BCUT2D eigenvalue weighted by Gasteiger charge is -2.24. The second kappa shape index (κ2) is 9.50. The van der Waals surface area contributed by atoms with Gasteiger partial charge in [-0.25, -0.2) is 8.42 Å². The van der Waals surface area contributed by atoms with Crippen molar-refractivity contribution in [2.75, 3.05) is 50.1 Å². The van der Waals surface area contributed by atoms with Crippen molar-refractivity contribution in [2.45, 2.75) is 37.6 Å². The smallest absolute Gasteiger partial charge is 0.243 e. The zero-order valence-electron chi connectivity index (χ0n) is 16.3. The maximum Gasteiger partial charge on any atom is 0.243 e. The van der Waals surface area contributed by atoms with Crippen molar-refractivity contribution in [3.63, 3.8) is 0 Å². The molecule has 3 N–H and O–H groups in total. The summed E-state index contributed by atoms with van der Waals surface area (Å²) in [6.07, 6.45) is 2.13. The summed E-state index contributed by atoms with van der Waals surface area (Å²) in [6.45, 7) is 6.19. The third kappa shape index (κ3) is 4.98. The lowest BCUT2D eigenvalue weighted by Crippen LogP contribution is -2.39. The first-order valence-electron chi connectivity index (χ1n) is 9.29. The summed E-state index contributed by atoms with van der Waals surface area (Å²) in [5.74, 6) is -0.408. The third-order valence-electron chi connectivity index (χ3n) is 4.70. The van der Waals surface area contributed by atoms with Gasteiger partial charge in [-0.1, -0.05) is 13.8 Å². The zero-order valence-corrected chi connectivity index (χ0v) is 17.1. The fraction of sp³-hybridized carbons (Fsp3) is 0.611. The molecule has 1 unspecified atom stereocenters. The average Bonchev–Trinajstić information content (AvgIpc) is 3.17. The summed E-state index contributed by atoms with van der Waals surface area (Å²) in [6, 6.07) is 4.06. The third-order valence-corrected chi connectivity index (χ3v) is 6.74. The molecular weight excluding hydrogens is 368 g/mol. The summed E-state index contributed by atoms with van der Waals surface area (Å²) >= 11 is 0. The number of carbonyl (C=O) groups excluding carboxylic acids is 1. The van der Waals surface area contributed by atoms with Crippen LogP contribution < -0.4 is 16.0 Å². The van der Waals surface area contributed by atoms with Crippen LogP contribution in [-0.4, -0.2) is 64.6 Å². The lowest BCUT2D eigenvalue weighted by atomic mass is 10.2. The van der Waals surface area contributed by atoms with Crippen molar-refractivity contribution in [1.29, 1.82) is 0 Å². The monoisotopic (exact) mass is 398 g/mol. The van der Waals surface area contributed by atoms with E-state index in [0.717, 1.165) is 31.6 Å².